The maximum atomic E-state index is 13.4. The molecule has 2 aliphatic rings. The van der Waals surface area contributed by atoms with E-state index in [1.54, 1.807) is 38.1 Å². The topological polar surface area (TPSA) is 168 Å². The van der Waals surface area contributed by atoms with Crippen molar-refractivity contribution >= 4 is 35.6 Å². The van der Waals surface area contributed by atoms with Gasteiger partial charge in [0.2, 0.25) is 29.5 Å². The molecule has 0 unspecified atom stereocenters. The molecule has 4 atom stereocenters. The third-order valence-corrected chi connectivity index (χ3v) is 7.35. The number of benzene rings is 1. The van der Waals surface area contributed by atoms with Crippen molar-refractivity contribution in [2.75, 3.05) is 6.54 Å². The summed E-state index contributed by atoms with van der Waals surface area (Å²) in [6.45, 7) is 7.59. The lowest BCUT2D eigenvalue weighted by Crippen LogP contribution is -2.59. The molecule has 2 saturated heterocycles. The highest BCUT2D eigenvalue weighted by Gasteiger charge is 2.43. The van der Waals surface area contributed by atoms with Crippen molar-refractivity contribution in [1.29, 1.82) is 0 Å². The highest BCUT2D eigenvalue weighted by molar-refractivity contribution is 6.02. The summed E-state index contributed by atoms with van der Waals surface area (Å²) in [5.74, 6) is -3.09. The summed E-state index contributed by atoms with van der Waals surface area (Å²) in [6, 6.07) is 5.12. The smallest absolute Gasteiger partial charge is 0.417 e. The third kappa shape index (κ3) is 8.05. The Morgan fingerprint density at radius 3 is 2.29 bits per heavy atom. The number of rotatable bonds is 11. The van der Waals surface area contributed by atoms with Crippen LogP contribution in [0.4, 0.5) is 4.79 Å². The summed E-state index contributed by atoms with van der Waals surface area (Å²) >= 11 is 0. The van der Waals surface area contributed by atoms with Gasteiger partial charge in [-0.05, 0) is 43.1 Å². The lowest BCUT2D eigenvalue weighted by molar-refractivity contribution is -0.142. The molecule has 0 saturated carbocycles. The van der Waals surface area contributed by atoms with E-state index in [0.29, 0.717) is 25.8 Å². The van der Waals surface area contributed by atoms with E-state index in [9.17, 15) is 28.8 Å². The number of primary amides is 1. The molecule has 2 aliphatic heterocycles. The second-order valence-electron chi connectivity index (χ2n) is 11.4. The van der Waals surface area contributed by atoms with E-state index in [2.05, 4.69) is 10.6 Å². The number of carbonyl (C=O) groups excluding carboxylic acids is 6. The standard InChI is InChI=1S/C29H41N5O7/c1-17(2)15-20(28(39)33-14-8-11-21(33)25(30)36)31-27(38)24(18(3)4)32-26(37)22-12-13-23(35)34(22)29(40)41-16-19-9-6-5-7-10-19/h5-7,9-10,17-18,20-22,24H,8,11-16H2,1-4H3,(H2,30,36)(H,31,38)(H,32,37)/t20-,21+,22+,24-/m1/s1. The van der Waals surface area contributed by atoms with Crippen molar-refractivity contribution in [3.63, 3.8) is 0 Å². The number of hydrogen-bond acceptors (Lipinski definition) is 7. The molecule has 0 bridgehead atoms. The molecule has 12 heteroatoms. The predicted molar refractivity (Wildman–Crippen MR) is 149 cm³/mol. The van der Waals surface area contributed by atoms with Crippen LogP contribution in [0.25, 0.3) is 0 Å². The van der Waals surface area contributed by atoms with Gasteiger partial charge in [0.15, 0.2) is 0 Å². The summed E-state index contributed by atoms with van der Waals surface area (Å²) < 4.78 is 5.28. The van der Waals surface area contributed by atoms with Gasteiger partial charge < -0.3 is 26.0 Å². The number of hydrogen-bond donors (Lipinski definition) is 3. The first kappa shape index (κ1) is 31.6. The van der Waals surface area contributed by atoms with Crippen molar-refractivity contribution in [2.24, 2.45) is 17.6 Å². The fourth-order valence-corrected chi connectivity index (χ4v) is 5.22. The van der Waals surface area contributed by atoms with Gasteiger partial charge in [-0.15, -0.1) is 0 Å². The molecule has 1 aromatic carbocycles. The first-order chi connectivity index (χ1) is 19.4. The van der Waals surface area contributed by atoms with Gasteiger partial charge >= 0.3 is 6.09 Å². The van der Waals surface area contributed by atoms with Crippen molar-refractivity contribution in [3.8, 4) is 0 Å². The van der Waals surface area contributed by atoms with Gasteiger partial charge in [-0.2, -0.15) is 0 Å². The number of nitrogens with two attached hydrogens (primary N) is 1. The fraction of sp³-hybridized carbons (Fsp3) is 0.586. The number of carbonyl (C=O) groups is 6. The van der Waals surface area contributed by atoms with Crippen LogP contribution in [-0.4, -0.2) is 76.1 Å². The maximum Gasteiger partial charge on any atom is 0.417 e. The molecule has 12 nitrogen and oxygen atoms in total. The monoisotopic (exact) mass is 571 g/mol. The van der Waals surface area contributed by atoms with E-state index in [1.807, 2.05) is 19.9 Å². The summed E-state index contributed by atoms with van der Waals surface area (Å²) in [6.07, 6.45) is 0.576. The number of imide groups is 1. The van der Waals surface area contributed by atoms with Gasteiger partial charge in [0.05, 0.1) is 0 Å². The second kappa shape index (κ2) is 14.1. The van der Waals surface area contributed by atoms with E-state index >= 15 is 0 Å². The summed E-state index contributed by atoms with van der Waals surface area (Å²) in [5, 5.41) is 5.45. The molecule has 2 heterocycles. The largest absolute Gasteiger partial charge is 0.444 e. The molecule has 0 radical (unpaired) electrons. The van der Waals surface area contributed by atoms with Crippen LogP contribution < -0.4 is 16.4 Å². The first-order valence-electron chi connectivity index (χ1n) is 14.1. The first-order valence-corrected chi connectivity index (χ1v) is 14.1. The predicted octanol–water partition coefficient (Wildman–Crippen LogP) is 1.46. The average Bonchev–Trinajstić information content (AvgIpc) is 3.57. The number of nitrogens with one attached hydrogen (secondary N) is 2. The Morgan fingerprint density at radius 1 is 1.00 bits per heavy atom. The number of amides is 6. The van der Waals surface area contributed by atoms with Crippen LogP contribution in [0.15, 0.2) is 30.3 Å². The van der Waals surface area contributed by atoms with Gasteiger partial charge in [-0.3, -0.25) is 24.0 Å². The van der Waals surface area contributed by atoms with Crippen molar-refractivity contribution in [3.05, 3.63) is 35.9 Å². The lowest BCUT2D eigenvalue weighted by Gasteiger charge is -2.31. The van der Waals surface area contributed by atoms with E-state index < -0.39 is 59.8 Å². The van der Waals surface area contributed by atoms with Crippen molar-refractivity contribution in [2.45, 2.75) is 90.6 Å². The molecule has 3 rings (SSSR count). The minimum Gasteiger partial charge on any atom is -0.444 e. The summed E-state index contributed by atoms with van der Waals surface area (Å²) in [4.78, 5) is 79.5. The highest BCUT2D eigenvalue weighted by Crippen LogP contribution is 2.22. The Bertz CT molecular complexity index is 1140. The Hall–Kier alpha value is -3.96. The molecule has 4 N–H and O–H groups in total. The molecule has 0 aliphatic carbocycles. The van der Waals surface area contributed by atoms with Crippen molar-refractivity contribution in [1.82, 2.24) is 20.4 Å². The van der Waals surface area contributed by atoms with E-state index in [-0.39, 0.29) is 31.3 Å². The van der Waals surface area contributed by atoms with E-state index in [1.165, 1.54) is 4.90 Å². The van der Waals surface area contributed by atoms with Gasteiger partial charge in [-0.1, -0.05) is 58.0 Å². The summed E-state index contributed by atoms with van der Waals surface area (Å²) in [7, 11) is 0. The molecule has 41 heavy (non-hydrogen) atoms. The minimum absolute atomic E-state index is 0.0150. The van der Waals surface area contributed by atoms with Gasteiger partial charge in [-0.25, -0.2) is 9.69 Å². The zero-order valence-electron chi connectivity index (χ0n) is 24.1. The minimum atomic E-state index is -1.13. The SMILES string of the molecule is CC(C)C[C@@H](NC(=O)[C@H](NC(=O)[C@@H]1CCC(=O)N1C(=O)OCc1ccccc1)C(C)C)C(=O)N1CCC[C@H]1C(N)=O. The second-order valence-corrected chi connectivity index (χ2v) is 11.4. The van der Waals surface area contributed by atoms with Crippen LogP contribution in [0.3, 0.4) is 0 Å². The van der Waals surface area contributed by atoms with Crippen LogP contribution >= 0.6 is 0 Å². The van der Waals surface area contributed by atoms with Crippen LogP contribution in [0.5, 0.6) is 0 Å². The third-order valence-electron chi connectivity index (χ3n) is 7.35. The quantitative estimate of drug-likeness (QED) is 0.361. The van der Waals surface area contributed by atoms with Crippen LogP contribution in [0.2, 0.25) is 0 Å². The Balaban J connectivity index is 1.69. The number of nitrogens with zero attached hydrogens (tertiary/aromatic N) is 2. The van der Waals surface area contributed by atoms with E-state index in [4.69, 9.17) is 10.5 Å². The molecule has 2 fully saturated rings. The van der Waals surface area contributed by atoms with Crippen molar-refractivity contribution < 1.29 is 33.5 Å². The average molecular weight is 572 g/mol. The number of likely N-dealkylation sites (tertiary alicyclic amines) is 2. The normalized spacial score (nSPS) is 20.2. The zero-order valence-corrected chi connectivity index (χ0v) is 24.1. The lowest BCUT2D eigenvalue weighted by atomic mass is 9.99. The van der Waals surface area contributed by atoms with E-state index in [0.717, 1.165) is 10.5 Å². The van der Waals surface area contributed by atoms with Gasteiger partial charge in [0.1, 0.15) is 30.8 Å². The van der Waals surface area contributed by atoms with Crippen LogP contribution in [-0.2, 0) is 35.3 Å². The Morgan fingerprint density at radius 2 is 1.68 bits per heavy atom. The van der Waals surface area contributed by atoms with Crippen LogP contribution in [0, 0.1) is 11.8 Å². The molecule has 1 aromatic rings. The molecule has 0 spiro atoms. The maximum absolute atomic E-state index is 13.4. The molecule has 224 valence electrons. The van der Waals surface area contributed by atoms with Crippen LogP contribution in [0.1, 0.15) is 65.4 Å². The zero-order chi connectivity index (χ0) is 30.3. The Kier molecular flexibility index (Phi) is 10.8. The van der Waals surface area contributed by atoms with Gasteiger partial charge in [0, 0.05) is 13.0 Å². The molecule has 6 amide bonds. The summed E-state index contributed by atoms with van der Waals surface area (Å²) in [5.41, 5.74) is 6.22. The Labute approximate surface area is 240 Å². The molecule has 0 aromatic heterocycles. The van der Waals surface area contributed by atoms with Gasteiger partial charge in [0.25, 0.3) is 0 Å². The molecular formula is C29H41N5O7. The number of ether oxygens (including phenoxy) is 1. The molecular weight excluding hydrogens is 530 g/mol. The highest BCUT2D eigenvalue weighted by atomic mass is 16.6. The fourth-order valence-electron chi connectivity index (χ4n) is 5.22.